The molecule has 7 rings (SSSR count). The van der Waals surface area contributed by atoms with Gasteiger partial charge in [-0.1, -0.05) is 36.4 Å². The van der Waals surface area contributed by atoms with Crippen molar-refractivity contribution in [2.75, 3.05) is 0 Å². The molecule has 5 heteroatoms. The number of hydrogen-bond donors (Lipinski definition) is 0. The van der Waals surface area contributed by atoms with Crippen LogP contribution in [0, 0.1) is 0 Å². The van der Waals surface area contributed by atoms with E-state index in [-0.39, 0.29) is 0 Å². The maximum atomic E-state index is 6.62. The van der Waals surface area contributed by atoms with Crippen molar-refractivity contribution in [2.45, 2.75) is 0 Å². The molecule has 0 amide bonds. The molecule has 156 valence electrons. The zero-order valence-electron chi connectivity index (χ0n) is 17.5. The van der Waals surface area contributed by atoms with Gasteiger partial charge in [-0.2, -0.15) is 0 Å². The smallest absolute Gasteiger partial charge is 0.147 e. The summed E-state index contributed by atoms with van der Waals surface area (Å²) in [4.78, 5) is 8.44. The van der Waals surface area contributed by atoms with Gasteiger partial charge in [0, 0.05) is 54.4 Å². The molecule has 2 aliphatic heterocycles. The Morgan fingerprint density at radius 2 is 1.00 bits per heavy atom. The molecule has 0 atom stereocenters. The fourth-order valence-electron chi connectivity index (χ4n) is 4.58. The molecule has 0 bridgehead atoms. The van der Waals surface area contributed by atoms with Gasteiger partial charge >= 0.3 is 0 Å². The molecule has 0 aliphatic carbocycles. The normalized spacial score (nSPS) is 13.2. The highest BCUT2D eigenvalue weighted by Crippen LogP contribution is 2.57. The number of ether oxygens (including phenoxy) is 2. The third-order valence-corrected chi connectivity index (χ3v) is 8.61. The molecule has 0 N–H and O–H groups in total. The number of para-hydroxylation sites is 2. The van der Waals surface area contributed by atoms with Gasteiger partial charge < -0.3 is 9.47 Å². The van der Waals surface area contributed by atoms with Crippen molar-refractivity contribution < 1.29 is 9.47 Å². The molecule has 0 saturated carbocycles. The first-order valence-corrected chi connectivity index (χ1v) is 12.1. The molecule has 5 aromatic rings. The van der Waals surface area contributed by atoms with Crippen molar-refractivity contribution in [3.05, 3.63) is 104 Å². The summed E-state index contributed by atoms with van der Waals surface area (Å²) in [5, 5.41) is 3.55. The summed E-state index contributed by atoms with van der Waals surface area (Å²) in [7, 11) is -0.845. The number of benzene rings is 3. The van der Waals surface area contributed by atoms with Crippen LogP contribution in [0.5, 0.6) is 23.0 Å². The van der Waals surface area contributed by atoms with Crippen LogP contribution in [0.2, 0.25) is 0 Å². The topological polar surface area (TPSA) is 44.2 Å². The van der Waals surface area contributed by atoms with Gasteiger partial charge in [-0.25, -0.2) is 0 Å². The summed E-state index contributed by atoms with van der Waals surface area (Å²) < 4.78 is 13.2. The largest absolute Gasteiger partial charge is 0.455 e. The third kappa shape index (κ3) is 2.81. The van der Waals surface area contributed by atoms with Gasteiger partial charge in [0.25, 0.3) is 0 Å². The van der Waals surface area contributed by atoms with Gasteiger partial charge in [0.2, 0.25) is 0 Å². The minimum Gasteiger partial charge on any atom is -0.455 e. The Morgan fingerprint density at radius 3 is 1.48 bits per heavy atom. The molecular formula is C28H17N2O2P. The summed E-state index contributed by atoms with van der Waals surface area (Å²) in [5.74, 6) is 3.55. The van der Waals surface area contributed by atoms with Crippen molar-refractivity contribution >= 4 is 23.8 Å². The first-order chi connectivity index (χ1) is 16.4. The Hall–Kier alpha value is -4.01. The fraction of sp³-hybridized carbons (Fsp3) is 0. The minimum absolute atomic E-state index is 0.845. The highest BCUT2D eigenvalue weighted by atomic mass is 31.1. The minimum atomic E-state index is -0.845. The maximum Gasteiger partial charge on any atom is 0.147 e. The first kappa shape index (κ1) is 18.6. The average molecular weight is 444 g/mol. The van der Waals surface area contributed by atoms with E-state index < -0.39 is 7.92 Å². The molecular weight excluding hydrogens is 427 g/mol. The highest BCUT2D eigenvalue weighted by Gasteiger charge is 2.39. The van der Waals surface area contributed by atoms with Crippen LogP contribution in [0.3, 0.4) is 0 Å². The van der Waals surface area contributed by atoms with Crippen LogP contribution in [0.25, 0.3) is 22.3 Å². The summed E-state index contributed by atoms with van der Waals surface area (Å²) in [6.45, 7) is 0. The lowest BCUT2D eigenvalue weighted by Crippen LogP contribution is -2.32. The molecule has 3 aromatic carbocycles. The van der Waals surface area contributed by atoms with Crippen LogP contribution >= 0.6 is 7.92 Å². The summed E-state index contributed by atoms with van der Waals surface area (Å²) in [6.07, 6.45) is 7.27. The quantitative estimate of drug-likeness (QED) is 0.317. The standard InChI is InChI=1S/C28H17N2O2P/c1-3-7-24-22(5-1)31-26-20(18-9-13-29-14-10-18)17-21(19-11-15-30-16-12-19)27-28(26)33(24)25-8-4-2-6-23(25)32-27/h1-17H. The first-order valence-electron chi connectivity index (χ1n) is 10.7. The summed E-state index contributed by atoms with van der Waals surface area (Å²) in [5.41, 5.74) is 4.19. The highest BCUT2D eigenvalue weighted by molar-refractivity contribution is 7.80. The van der Waals surface area contributed by atoms with E-state index in [1.54, 1.807) is 0 Å². The van der Waals surface area contributed by atoms with E-state index >= 15 is 0 Å². The van der Waals surface area contributed by atoms with Gasteiger partial charge in [-0.05, 0) is 53.6 Å². The van der Waals surface area contributed by atoms with Crippen molar-refractivity contribution in [2.24, 2.45) is 0 Å². The lowest BCUT2D eigenvalue weighted by atomic mass is 9.97. The molecule has 2 aliphatic rings. The van der Waals surface area contributed by atoms with Gasteiger partial charge in [0.1, 0.15) is 23.0 Å². The Bertz CT molecular complexity index is 1410. The zero-order valence-corrected chi connectivity index (χ0v) is 18.4. The molecule has 4 heterocycles. The van der Waals surface area contributed by atoms with Gasteiger partial charge in [0.15, 0.2) is 0 Å². The Kier molecular flexibility index (Phi) is 4.08. The van der Waals surface area contributed by atoms with Crippen LogP contribution in [0.15, 0.2) is 104 Å². The Balaban J connectivity index is 1.61. The number of fused-ring (bicyclic) bond motifs is 4. The van der Waals surface area contributed by atoms with Gasteiger partial charge in [-0.3, -0.25) is 9.97 Å². The van der Waals surface area contributed by atoms with Gasteiger partial charge in [0.05, 0.1) is 5.30 Å². The molecule has 2 aromatic heterocycles. The van der Waals surface area contributed by atoms with Crippen molar-refractivity contribution in [3.8, 4) is 45.3 Å². The summed E-state index contributed by atoms with van der Waals surface area (Å²) >= 11 is 0. The number of aromatic nitrogens is 2. The molecule has 0 radical (unpaired) electrons. The lowest BCUT2D eigenvalue weighted by Gasteiger charge is -2.36. The van der Waals surface area contributed by atoms with Crippen molar-refractivity contribution in [3.63, 3.8) is 0 Å². The van der Waals surface area contributed by atoms with Crippen LogP contribution in [-0.2, 0) is 0 Å². The van der Waals surface area contributed by atoms with E-state index in [4.69, 9.17) is 9.47 Å². The predicted octanol–water partition coefficient (Wildman–Crippen LogP) is 5.78. The van der Waals surface area contributed by atoms with Crippen LogP contribution in [0.1, 0.15) is 0 Å². The van der Waals surface area contributed by atoms with Crippen molar-refractivity contribution in [1.82, 2.24) is 9.97 Å². The maximum absolute atomic E-state index is 6.62. The van der Waals surface area contributed by atoms with E-state index in [0.29, 0.717) is 0 Å². The number of nitrogens with zero attached hydrogens (tertiary/aromatic N) is 2. The zero-order chi connectivity index (χ0) is 21.8. The molecule has 4 nitrogen and oxygen atoms in total. The van der Waals surface area contributed by atoms with Gasteiger partial charge in [-0.15, -0.1) is 0 Å². The fourth-order valence-corrected chi connectivity index (χ4v) is 7.21. The number of pyridine rings is 2. The van der Waals surface area contributed by atoms with E-state index in [1.165, 1.54) is 10.6 Å². The summed E-state index contributed by atoms with van der Waals surface area (Å²) in [6, 6.07) is 27.0. The molecule has 0 unspecified atom stereocenters. The molecule has 0 spiro atoms. The molecule has 0 fully saturated rings. The van der Waals surface area contributed by atoms with E-state index in [1.807, 2.05) is 61.2 Å². The number of rotatable bonds is 2. The SMILES string of the molecule is c1ccc2c(c1)Oc1c(-c3ccncc3)cc(-c3ccncc3)c3c1P2c1ccccc1O3. The molecule has 0 saturated heterocycles. The Morgan fingerprint density at radius 1 is 0.545 bits per heavy atom. The van der Waals surface area contributed by atoms with Crippen LogP contribution in [0.4, 0.5) is 0 Å². The van der Waals surface area contributed by atoms with Crippen LogP contribution < -0.4 is 25.4 Å². The number of hydrogen-bond acceptors (Lipinski definition) is 4. The van der Waals surface area contributed by atoms with E-state index in [0.717, 1.165) is 50.6 Å². The second-order valence-electron chi connectivity index (χ2n) is 7.93. The third-order valence-electron chi connectivity index (χ3n) is 6.05. The second kappa shape index (κ2) is 7.26. The van der Waals surface area contributed by atoms with Crippen molar-refractivity contribution in [1.29, 1.82) is 0 Å². The second-order valence-corrected chi connectivity index (χ2v) is 10.0. The van der Waals surface area contributed by atoms with E-state index in [9.17, 15) is 0 Å². The lowest BCUT2D eigenvalue weighted by molar-refractivity contribution is 0.469. The molecule has 33 heavy (non-hydrogen) atoms. The van der Waals surface area contributed by atoms with Crippen LogP contribution in [-0.4, -0.2) is 9.97 Å². The van der Waals surface area contributed by atoms with E-state index in [2.05, 4.69) is 52.4 Å². The average Bonchev–Trinajstić information content (AvgIpc) is 2.89. The Labute approximate surface area is 192 Å². The predicted molar refractivity (Wildman–Crippen MR) is 132 cm³/mol. The monoisotopic (exact) mass is 444 g/mol.